The molecule has 20 heavy (non-hydrogen) atoms. The number of benzene rings is 2. The zero-order chi connectivity index (χ0) is 14.9. The Balaban J connectivity index is 2.30. The van der Waals surface area contributed by atoms with Gasteiger partial charge < -0.3 is 5.32 Å². The molecule has 2 aromatic carbocycles. The average Bonchev–Trinajstić information content (AvgIpc) is 2.35. The largest absolute Gasteiger partial charge is 0.322 e. The fourth-order valence-corrected chi connectivity index (χ4v) is 2.98. The molecule has 0 bridgehead atoms. The van der Waals surface area contributed by atoms with Crippen molar-refractivity contribution in [3.05, 3.63) is 56.2 Å². The van der Waals surface area contributed by atoms with E-state index in [4.69, 9.17) is 0 Å². The molecule has 0 heterocycles. The molecule has 0 saturated carbocycles. The van der Waals surface area contributed by atoms with Gasteiger partial charge in [0, 0.05) is 15.1 Å². The lowest BCUT2D eigenvalue weighted by Crippen LogP contribution is -2.13. The Morgan fingerprint density at radius 1 is 1.25 bits per heavy atom. The van der Waals surface area contributed by atoms with E-state index in [1.807, 2.05) is 0 Å². The molecule has 0 aliphatic rings. The minimum absolute atomic E-state index is 0.327. The van der Waals surface area contributed by atoms with E-state index in [0.717, 1.165) is 10.0 Å². The minimum atomic E-state index is -0.423. The molecule has 6 heteroatoms. The molecule has 0 radical (unpaired) electrons. The topological polar surface area (TPSA) is 29.1 Å². The number of rotatable bonds is 2. The van der Waals surface area contributed by atoms with E-state index in [9.17, 15) is 9.18 Å². The van der Waals surface area contributed by atoms with E-state index in [0.29, 0.717) is 20.6 Å². The highest BCUT2D eigenvalue weighted by Gasteiger charge is 2.13. The molecule has 0 unspecified atom stereocenters. The summed E-state index contributed by atoms with van der Waals surface area (Å²) >= 11 is 10.7. The summed E-state index contributed by atoms with van der Waals surface area (Å²) in [6, 6.07) is 8.05. The first kappa shape index (κ1) is 15.5. The normalized spacial score (nSPS) is 10.4. The summed E-state index contributed by atoms with van der Waals surface area (Å²) in [5.41, 5.74) is 1.63. The third kappa shape index (κ3) is 3.42. The molecule has 0 spiro atoms. The lowest BCUT2D eigenvalue weighted by atomic mass is 10.1. The summed E-state index contributed by atoms with van der Waals surface area (Å²) in [6.45, 7) is 1.79. The number of hydrogen-bond acceptors (Lipinski definition) is 2. The summed E-state index contributed by atoms with van der Waals surface area (Å²) in [7, 11) is 0. The van der Waals surface area contributed by atoms with Crippen LogP contribution in [0.5, 0.6) is 0 Å². The number of hydrogen-bond donors (Lipinski definition) is 2. The first-order valence-electron chi connectivity index (χ1n) is 5.64. The van der Waals surface area contributed by atoms with Crippen LogP contribution in [0.4, 0.5) is 10.1 Å². The van der Waals surface area contributed by atoms with Gasteiger partial charge in [0.05, 0.1) is 10.0 Å². The number of aryl methyl sites for hydroxylation is 1. The monoisotopic (exact) mass is 417 g/mol. The molecule has 0 aliphatic carbocycles. The number of carbonyl (C=O) groups is 1. The predicted molar refractivity (Wildman–Crippen MR) is 88.2 cm³/mol. The summed E-state index contributed by atoms with van der Waals surface area (Å²) in [4.78, 5) is 12.7. The molecule has 2 nitrogen and oxygen atoms in total. The van der Waals surface area contributed by atoms with Gasteiger partial charge in [-0.25, -0.2) is 4.39 Å². The third-order valence-corrected chi connectivity index (χ3v) is 4.19. The van der Waals surface area contributed by atoms with Gasteiger partial charge in [-0.3, -0.25) is 4.79 Å². The minimum Gasteiger partial charge on any atom is -0.322 e. The zero-order valence-corrected chi connectivity index (χ0v) is 14.4. The SMILES string of the molecule is Cc1cc(Br)c(F)cc1NC(=O)c1ccc(Br)cc1S. The molecule has 0 saturated heterocycles. The Morgan fingerprint density at radius 3 is 2.60 bits per heavy atom. The molecule has 1 N–H and O–H groups in total. The molecule has 104 valence electrons. The van der Waals surface area contributed by atoms with Gasteiger partial charge in [0.15, 0.2) is 0 Å². The van der Waals surface area contributed by atoms with Crippen molar-refractivity contribution in [3.8, 4) is 0 Å². The highest BCUT2D eigenvalue weighted by atomic mass is 79.9. The fourth-order valence-electron chi connectivity index (χ4n) is 1.67. The summed E-state index contributed by atoms with van der Waals surface area (Å²) < 4.78 is 14.7. The van der Waals surface area contributed by atoms with E-state index in [1.54, 1.807) is 31.2 Å². The predicted octanol–water partition coefficient (Wildman–Crippen LogP) is 5.20. The average molecular weight is 419 g/mol. The van der Waals surface area contributed by atoms with Crippen molar-refractivity contribution < 1.29 is 9.18 Å². The van der Waals surface area contributed by atoms with Crippen LogP contribution in [0.3, 0.4) is 0 Å². The quantitative estimate of drug-likeness (QED) is 0.644. The smallest absolute Gasteiger partial charge is 0.256 e. The van der Waals surface area contributed by atoms with Crippen molar-refractivity contribution in [3.63, 3.8) is 0 Å². The molecule has 2 aromatic rings. The molecular weight excluding hydrogens is 409 g/mol. The van der Waals surface area contributed by atoms with E-state index < -0.39 is 5.82 Å². The van der Waals surface area contributed by atoms with Gasteiger partial charge in [0.2, 0.25) is 0 Å². The van der Waals surface area contributed by atoms with Crippen LogP contribution < -0.4 is 5.32 Å². The van der Waals surface area contributed by atoms with Crippen LogP contribution in [0, 0.1) is 12.7 Å². The van der Waals surface area contributed by atoms with Gasteiger partial charge in [-0.15, -0.1) is 12.6 Å². The molecule has 0 fully saturated rings. The van der Waals surface area contributed by atoms with E-state index in [1.165, 1.54) is 6.07 Å². The fraction of sp³-hybridized carbons (Fsp3) is 0.0714. The van der Waals surface area contributed by atoms with Gasteiger partial charge in [0.25, 0.3) is 5.91 Å². The standard InChI is InChI=1S/C14H10Br2FNOS/c1-7-4-10(16)11(17)6-12(7)18-14(19)9-3-2-8(15)5-13(9)20/h2-6,20H,1H3,(H,18,19). The maximum atomic E-state index is 13.5. The van der Waals surface area contributed by atoms with Gasteiger partial charge in [-0.2, -0.15) is 0 Å². The molecular formula is C14H10Br2FNOS. The number of anilines is 1. The second-order valence-electron chi connectivity index (χ2n) is 4.20. The van der Waals surface area contributed by atoms with E-state index in [2.05, 4.69) is 49.8 Å². The lowest BCUT2D eigenvalue weighted by Gasteiger charge is -2.11. The molecule has 0 atom stereocenters. The van der Waals surface area contributed by atoms with Crippen LogP contribution in [0.2, 0.25) is 0 Å². The Bertz CT molecular complexity index is 691. The number of amides is 1. The van der Waals surface area contributed by atoms with Crippen LogP contribution in [-0.2, 0) is 0 Å². The van der Waals surface area contributed by atoms with E-state index >= 15 is 0 Å². The van der Waals surface area contributed by atoms with Crippen LogP contribution >= 0.6 is 44.5 Å². The molecule has 0 aliphatic heterocycles. The number of halogens is 3. The summed E-state index contributed by atoms with van der Waals surface area (Å²) in [5.74, 6) is -0.750. The van der Waals surface area contributed by atoms with Crippen molar-refractivity contribution in [1.82, 2.24) is 0 Å². The van der Waals surface area contributed by atoms with Crippen molar-refractivity contribution in [2.45, 2.75) is 11.8 Å². The van der Waals surface area contributed by atoms with Crippen LogP contribution in [0.15, 0.2) is 44.2 Å². The van der Waals surface area contributed by atoms with Crippen molar-refractivity contribution >= 4 is 56.1 Å². The summed E-state index contributed by atoms with van der Waals surface area (Å²) in [6.07, 6.45) is 0. The van der Waals surface area contributed by atoms with Gasteiger partial charge in [0.1, 0.15) is 5.82 Å². The Hall–Kier alpha value is -0.850. The van der Waals surface area contributed by atoms with Gasteiger partial charge in [-0.1, -0.05) is 15.9 Å². The molecule has 2 rings (SSSR count). The van der Waals surface area contributed by atoms with Crippen molar-refractivity contribution in [2.24, 2.45) is 0 Å². The highest BCUT2D eigenvalue weighted by Crippen LogP contribution is 2.26. The first-order chi connectivity index (χ1) is 9.38. The van der Waals surface area contributed by atoms with Crippen molar-refractivity contribution in [1.29, 1.82) is 0 Å². The third-order valence-electron chi connectivity index (χ3n) is 2.72. The zero-order valence-electron chi connectivity index (χ0n) is 10.4. The lowest BCUT2D eigenvalue weighted by molar-refractivity contribution is 0.102. The van der Waals surface area contributed by atoms with Crippen LogP contribution in [0.25, 0.3) is 0 Å². The molecule has 1 amide bonds. The second kappa shape index (κ2) is 6.28. The first-order valence-corrected chi connectivity index (χ1v) is 7.67. The van der Waals surface area contributed by atoms with Gasteiger partial charge in [-0.05, 0) is 58.7 Å². The Morgan fingerprint density at radius 2 is 1.95 bits per heavy atom. The van der Waals surface area contributed by atoms with Gasteiger partial charge >= 0.3 is 0 Å². The number of thiol groups is 1. The summed E-state index contributed by atoms with van der Waals surface area (Å²) in [5, 5.41) is 2.69. The number of nitrogens with one attached hydrogen (secondary N) is 1. The Kier molecular flexibility index (Phi) is 4.88. The van der Waals surface area contributed by atoms with Crippen molar-refractivity contribution in [2.75, 3.05) is 5.32 Å². The maximum Gasteiger partial charge on any atom is 0.256 e. The van der Waals surface area contributed by atoms with E-state index in [-0.39, 0.29) is 5.91 Å². The Labute approximate surface area is 138 Å². The second-order valence-corrected chi connectivity index (χ2v) is 6.45. The number of carbonyl (C=O) groups excluding carboxylic acids is 1. The maximum absolute atomic E-state index is 13.5. The van der Waals surface area contributed by atoms with Crippen LogP contribution in [0.1, 0.15) is 15.9 Å². The van der Waals surface area contributed by atoms with Crippen LogP contribution in [-0.4, -0.2) is 5.91 Å². The molecule has 0 aromatic heterocycles. The highest BCUT2D eigenvalue weighted by molar-refractivity contribution is 9.10.